The number of hydrogen-bond donors (Lipinski definition) is 0. The number of aryl methyl sites for hydroxylation is 1. The molecular weight excluding hydrogens is 526 g/mol. The number of allylic oxidation sites excluding steroid dienone is 1. The molecule has 43 heavy (non-hydrogen) atoms. The van der Waals surface area contributed by atoms with Crippen LogP contribution in [0.15, 0.2) is 138 Å². The molecule has 0 amide bonds. The van der Waals surface area contributed by atoms with Crippen molar-refractivity contribution in [1.82, 2.24) is 9.55 Å². The van der Waals surface area contributed by atoms with E-state index in [1.54, 1.807) is 0 Å². The average molecular weight is 554 g/mol. The third-order valence-corrected chi connectivity index (χ3v) is 8.60. The average Bonchev–Trinajstić information content (AvgIpc) is 3.63. The van der Waals surface area contributed by atoms with Gasteiger partial charge >= 0.3 is 0 Å². The molecule has 7 aromatic rings. The summed E-state index contributed by atoms with van der Waals surface area (Å²) < 4.78 is 8.69. The Morgan fingerprint density at radius 2 is 1.37 bits per heavy atom. The van der Waals surface area contributed by atoms with Crippen molar-refractivity contribution in [2.24, 2.45) is 0 Å². The number of oxazole rings is 1. The lowest BCUT2D eigenvalue weighted by molar-refractivity contribution is 0.516. The molecule has 1 aliphatic carbocycles. The molecular formula is C39H27N3O. The highest BCUT2D eigenvalue weighted by Crippen LogP contribution is 2.54. The molecule has 0 atom stereocenters. The molecule has 2 aliphatic rings. The number of rotatable bonds is 3. The van der Waals surface area contributed by atoms with E-state index in [9.17, 15) is 0 Å². The molecule has 5 aromatic carbocycles. The highest BCUT2D eigenvalue weighted by molar-refractivity contribution is 6.13. The number of aromatic nitrogens is 2. The molecule has 204 valence electrons. The zero-order chi connectivity index (χ0) is 28.3. The van der Waals surface area contributed by atoms with E-state index in [2.05, 4.69) is 149 Å². The SMILES string of the molecule is C1=Cc2nc(-c3cccc(N4c5ccccc5-c5c(n(-c6ccccc6)c6ccccc56)-c5ccccc54)c3)oc2CC1. The first kappa shape index (κ1) is 24.0. The third-order valence-electron chi connectivity index (χ3n) is 8.60. The minimum absolute atomic E-state index is 0.666. The smallest absolute Gasteiger partial charge is 0.226 e. The van der Waals surface area contributed by atoms with Crippen LogP contribution >= 0.6 is 0 Å². The summed E-state index contributed by atoms with van der Waals surface area (Å²) in [6.45, 7) is 0. The fourth-order valence-corrected chi connectivity index (χ4v) is 6.75. The number of fused-ring (bicyclic) bond motifs is 8. The minimum Gasteiger partial charge on any atom is -0.441 e. The third kappa shape index (κ3) is 3.66. The molecule has 3 heterocycles. The lowest BCUT2D eigenvalue weighted by atomic mass is 9.98. The Morgan fingerprint density at radius 1 is 0.651 bits per heavy atom. The molecule has 0 N–H and O–H groups in total. The summed E-state index contributed by atoms with van der Waals surface area (Å²) in [4.78, 5) is 7.23. The van der Waals surface area contributed by atoms with E-state index in [1.165, 1.54) is 33.3 Å². The van der Waals surface area contributed by atoms with Gasteiger partial charge in [0.25, 0.3) is 0 Å². The van der Waals surface area contributed by atoms with Gasteiger partial charge in [0.05, 0.1) is 22.6 Å². The Balaban J connectivity index is 1.33. The van der Waals surface area contributed by atoms with E-state index in [0.29, 0.717) is 5.89 Å². The van der Waals surface area contributed by atoms with Crippen molar-refractivity contribution in [2.75, 3.05) is 4.90 Å². The van der Waals surface area contributed by atoms with E-state index in [-0.39, 0.29) is 0 Å². The number of benzene rings is 5. The van der Waals surface area contributed by atoms with Gasteiger partial charge in [-0.2, -0.15) is 0 Å². The second-order valence-electron chi connectivity index (χ2n) is 11.1. The molecule has 4 heteroatoms. The Kier molecular flexibility index (Phi) is 5.29. The van der Waals surface area contributed by atoms with E-state index in [1.807, 2.05) is 0 Å². The van der Waals surface area contributed by atoms with Crippen molar-refractivity contribution in [3.05, 3.63) is 145 Å². The number of nitrogens with zero attached hydrogens (tertiary/aromatic N) is 3. The summed E-state index contributed by atoms with van der Waals surface area (Å²) in [6.07, 6.45) is 6.12. The maximum absolute atomic E-state index is 6.27. The first-order chi connectivity index (χ1) is 21.3. The molecule has 1 aliphatic heterocycles. The van der Waals surface area contributed by atoms with E-state index in [4.69, 9.17) is 9.40 Å². The maximum Gasteiger partial charge on any atom is 0.226 e. The summed E-state index contributed by atoms with van der Waals surface area (Å²) in [5.74, 6) is 1.63. The van der Waals surface area contributed by atoms with Gasteiger partial charge in [-0.05, 0) is 61.0 Å². The van der Waals surface area contributed by atoms with Crippen molar-refractivity contribution in [3.63, 3.8) is 0 Å². The molecule has 9 rings (SSSR count). The van der Waals surface area contributed by atoms with Crippen molar-refractivity contribution in [1.29, 1.82) is 0 Å². The van der Waals surface area contributed by atoms with Crippen molar-refractivity contribution in [2.45, 2.75) is 12.8 Å². The van der Waals surface area contributed by atoms with Crippen LogP contribution in [0.4, 0.5) is 17.1 Å². The summed E-state index contributed by atoms with van der Waals surface area (Å²) in [5, 5.41) is 1.23. The molecule has 2 aromatic heterocycles. The molecule has 0 radical (unpaired) electrons. The molecule has 0 fully saturated rings. The van der Waals surface area contributed by atoms with Gasteiger partial charge in [0.1, 0.15) is 11.5 Å². The second-order valence-corrected chi connectivity index (χ2v) is 11.1. The number of hydrogen-bond acceptors (Lipinski definition) is 3. The predicted molar refractivity (Wildman–Crippen MR) is 175 cm³/mol. The van der Waals surface area contributed by atoms with Crippen LogP contribution < -0.4 is 4.90 Å². The van der Waals surface area contributed by atoms with E-state index in [0.717, 1.165) is 52.6 Å². The standard InChI is InChI=1S/C39H27N3O/c1-2-14-27(15-3-1)42-34-22-9-5-18-30(34)37-29-17-4-8-21-33(29)41(35-23-10-6-19-31(35)38(37)42)28-16-12-13-26(25-28)39-40-32-20-7-11-24-36(32)43-39/h1-10,12-23,25H,11,24H2. The van der Waals surface area contributed by atoms with Crippen LogP contribution in [0.1, 0.15) is 17.9 Å². The Hall–Kier alpha value is -5.61. The Labute approximate surface area is 249 Å². The van der Waals surface area contributed by atoms with Crippen molar-refractivity contribution < 1.29 is 4.42 Å². The van der Waals surface area contributed by atoms with Gasteiger partial charge in [-0.1, -0.05) is 84.9 Å². The zero-order valence-electron chi connectivity index (χ0n) is 23.4. The number of anilines is 3. The van der Waals surface area contributed by atoms with Gasteiger partial charge in [0.15, 0.2) is 0 Å². The van der Waals surface area contributed by atoms with Gasteiger partial charge in [0, 0.05) is 45.4 Å². The first-order valence-electron chi connectivity index (χ1n) is 14.8. The Morgan fingerprint density at radius 3 is 2.23 bits per heavy atom. The van der Waals surface area contributed by atoms with Crippen molar-refractivity contribution >= 4 is 34.0 Å². The summed E-state index contributed by atoms with van der Waals surface area (Å²) in [7, 11) is 0. The van der Waals surface area contributed by atoms with Crippen LogP contribution in [0.2, 0.25) is 0 Å². The van der Waals surface area contributed by atoms with Crippen LogP contribution in [0.5, 0.6) is 0 Å². The fraction of sp³-hybridized carbons (Fsp3) is 0.0513. The van der Waals surface area contributed by atoms with Crippen molar-refractivity contribution in [3.8, 4) is 39.5 Å². The fourth-order valence-electron chi connectivity index (χ4n) is 6.75. The summed E-state index contributed by atoms with van der Waals surface area (Å²) in [5.41, 5.74) is 12.4. The van der Waals surface area contributed by atoms with Crippen LogP contribution in [-0.4, -0.2) is 9.55 Å². The second kappa shape index (κ2) is 9.47. The van der Waals surface area contributed by atoms with E-state index >= 15 is 0 Å². The highest BCUT2D eigenvalue weighted by Gasteiger charge is 2.31. The monoisotopic (exact) mass is 553 g/mol. The van der Waals surface area contributed by atoms with Crippen LogP contribution in [0.25, 0.3) is 56.5 Å². The lowest BCUT2D eigenvalue weighted by Crippen LogP contribution is -2.11. The molecule has 0 unspecified atom stereocenters. The maximum atomic E-state index is 6.27. The first-order valence-corrected chi connectivity index (χ1v) is 14.8. The molecule has 0 saturated carbocycles. The van der Waals surface area contributed by atoms with Crippen LogP contribution in [0.3, 0.4) is 0 Å². The molecule has 0 spiro atoms. The lowest BCUT2D eigenvalue weighted by Gasteiger charge is -2.27. The van der Waals surface area contributed by atoms with Gasteiger partial charge in [-0.15, -0.1) is 0 Å². The van der Waals surface area contributed by atoms with Gasteiger partial charge in [0.2, 0.25) is 5.89 Å². The largest absolute Gasteiger partial charge is 0.441 e. The molecule has 0 saturated heterocycles. The molecule has 4 nitrogen and oxygen atoms in total. The minimum atomic E-state index is 0.666. The van der Waals surface area contributed by atoms with Crippen LogP contribution in [-0.2, 0) is 6.42 Å². The topological polar surface area (TPSA) is 34.2 Å². The predicted octanol–water partition coefficient (Wildman–Crippen LogP) is 10.4. The van der Waals surface area contributed by atoms with Crippen LogP contribution in [0, 0.1) is 0 Å². The van der Waals surface area contributed by atoms with Gasteiger partial charge in [-0.25, -0.2) is 4.98 Å². The highest BCUT2D eigenvalue weighted by atomic mass is 16.4. The van der Waals surface area contributed by atoms with Gasteiger partial charge in [-0.3, -0.25) is 0 Å². The zero-order valence-corrected chi connectivity index (χ0v) is 23.4. The number of para-hydroxylation sites is 4. The Bertz CT molecular complexity index is 2200. The summed E-state index contributed by atoms with van der Waals surface area (Å²) in [6, 6.07) is 45.5. The normalized spacial score (nSPS) is 13.3. The van der Waals surface area contributed by atoms with Gasteiger partial charge < -0.3 is 13.9 Å². The van der Waals surface area contributed by atoms with E-state index < -0.39 is 0 Å². The molecule has 0 bridgehead atoms. The quantitative estimate of drug-likeness (QED) is 0.218. The summed E-state index contributed by atoms with van der Waals surface area (Å²) >= 11 is 0.